The van der Waals surface area contributed by atoms with Gasteiger partial charge in [0, 0.05) is 12.2 Å². The third-order valence-electron chi connectivity index (χ3n) is 3.50. The summed E-state index contributed by atoms with van der Waals surface area (Å²) in [5.41, 5.74) is 0.689. The average molecular weight is 303 g/mol. The average Bonchev–Trinajstić information content (AvgIpc) is 3.27. The largest absolute Gasteiger partial charge is 0.454 e. The third-order valence-corrected chi connectivity index (χ3v) is 3.50. The highest BCUT2D eigenvalue weighted by Gasteiger charge is 2.25. The number of anilines is 1. The van der Waals surface area contributed by atoms with Gasteiger partial charge in [0.1, 0.15) is 6.10 Å². The Kier molecular flexibility index (Phi) is 3.15. The highest BCUT2D eigenvalue weighted by Crippen LogP contribution is 2.35. The first kappa shape index (κ1) is 13.1. The molecule has 1 unspecified atom stereocenters. The van der Waals surface area contributed by atoms with Crippen LogP contribution in [0.25, 0.3) is 11.5 Å². The quantitative estimate of drug-likeness (QED) is 0.919. The molecule has 114 valence electrons. The van der Waals surface area contributed by atoms with Crippen molar-refractivity contribution in [3.05, 3.63) is 18.2 Å². The monoisotopic (exact) mass is 303 g/mol. The standard InChI is InChI=1S/C14H13N3O5/c18-12(10-2-1-5-19-10)15-14-17-16-13(22-14)8-3-4-9-11(6-8)21-7-20-9/h3-4,6,10H,1-2,5,7H2,(H,15,17,18). The van der Waals surface area contributed by atoms with Gasteiger partial charge in [-0.05, 0) is 31.0 Å². The summed E-state index contributed by atoms with van der Waals surface area (Å²) in [5.74, 6) is 1.33. The Morgan fingerprint density at radius 2 is 2.14 bits per heavy atom. The maximum atomic E-state index is 11.9. The first-order valence-electron chi connectivity index (χ1n) is 6.95. The van der Waals surface area contributed by atoms with E-state index < -0.39 is 6.10 Å². The maximum absolute atomic E-state index is 11.9. The predicted molar refractivity (Wildman–Crippen MR) is 73.5 cm³/mol. The molecule has 1 fully saturated rings. The number of aromatic nitrogens is 2. The first-order valence-corrected chi connectivity index (χ1v) is 6.95. The summed E-state index contributed by atoms with van der Waals surface area (Å²) in [6.07, 6.45) is 1.14. The highest BCUT2D eigenvalue weighted by atomic mass is 16.7. The highest BCUT2D eigenvalue weighted by molar-refractivity contribution is 5.92. The first-order chi connectivity index (χ1) is 10.8. The zero-order chi connectivity index (χ0) is 14.9. The second-order valence-corrected chi connectivity index (χ2v) is 4.97. The number of hydrogen-bond acceptors (Lipinski definition) is 7. The van der Waals surface area contributed by atoms with Crippen LogP contribution in [0.2, 0.25) is 0 Å². The van der Waals surface area contributed by atoms with E-state index in [4.69, 9.17) is 18.6 Å². The van der Waals surface area contributed by atoms with Gasteiger partial charge < -0.3 is 18.6 Å². The van der Waals surface area contributed by atoms with Gasteiger partial charge >= 0.3 is 6.01 Å². The van der Waals surface area contributed by atoms with Crippen LogP contribution in [0, 0.1) is 0 Å². The van der Waals surface area contributed by atoms with Crippen molar-refractivity contribution in [1.29, 1.82) is 0 Å². The van der Waals surface area contributed by atoms with E-state index in [-0.39, 0.29) is 18.7 Å². The molecular weight excluding hydrogens is 290 g/mol. The Morgan fingerprint density at radius 1 is 1.23 bits per heavy atom. The predicted octanol–water partition coefficient (Wildman–Crippen LogP) is 1.58. The molecule has 1 saturated heterocycles. The summed E-state index contributed by atoms with van der Waals surface area (Å²) in [4.78, 5) is 11.9. The summed E-state index contributed by atoms with van der Waals surface area (Å²) in [6.45, 7) is 0.801. The number of carbonyl (C=O) groups excluding carboxylic acids is 1. The molecule has 2 aliphatic rings. The van der Waals surface area contributed by atoms with Gasteiger partial charge in [-0.3, -0.25) is 10.1 Å². The van der Waals surface area contributed by atoms with Crippen molar-refractivity contribution < 1.29 is 23.4 Å². The minimum absolute atomic E-state index is 0.0492. The number of carbonyl (C=O) groups is 1. The number of benzene rings is 1. The second kappa shape index (κ2) is 5.30. The van der Waals surface area contributed by atoms with E-state index in [1.807, 2.05) is 0 Å². The summed E-state index contributed by atoms with van der Waals surface area (Å²) in [6, 6.07) is 5.36. The molecule has 1 aromatic heterocycles. The number of nitrogens with one attached hydrogen (secondary N) is 1. The van der Waals surface area contributed by atoms with Gasteiger partial charge in [-0.25, -0.2) is 0 Å². The number of rotatable bonds is 3. The number of ether oxygens (including phenoxy) is 3. The number of amides is 1. The van der Waals surface area contributed by atoms with E-state index in [1.165, 1.54) is 0 Å². The second-order valence-electron chi connectivity index (χ2n) is 4.97. The molecule has 0 saturated carbocycles. The molecule has 2 aromatic rings. The minimum Gasteiger partial charge on any atom is -0.454 e. The van der Waals surface area contributed by atoms with Crippen LogP contribution in [-0.4, -0.2) is 35.6 Å². The summed E-state index contributed by atoms with van der Waals surface area (Å²) in [7, 11) is 0. The van der Waals surface area contributed by atoms with Crippen molar-refractivity contribution in [3.8, 4) is 23.0 Å². The topological polar surface area (TPSA) is 95.7 Å². The molecule has 8 heteroatoms. The minimum atomic E-state index is -0.444. The van der Waals surface area contributed by atoms with Crippen molar-refractivity contribution in [2.45, 2.75) is 18.9 Å². The Bertz CT molecular complexity index is 708. The molecule has 1 amide bonds. The number of nitrogens with zero attached hydrogens (tertiary/aromatic N) is 2. The van der Waals surface area contributed by atoms with Crippen LogP contribution in [0.5, 0.6) is 11.5 Å². The van der Waals surface area contributed by atoms with Crippen LogP contribution in [0.15, 0.2) is 22.6 Å². The molecule has 1 atom stereocenters. The van der Waals surface area contributed by atoms with Crippen LogP contribution in [0.1, 0.15) is 12.8 Å². The molecular formula is C14H13N3O5. The maximum Gasteiger partial charge on any atom is 0.322 e. The van der Waals surface area contributed by atoms with Gasteiger partial charge in [-0.1, -0.05) is 5.10 Å². The molecule has 1 aromatic carbocycles. The Balaban J connectivity index is 1.50. The fraction of sp³-hybridized carbons (Fsp3) is 0.357. The van der Waals surface area contributed by atoms with Gasteiger partial charge in [-0.2, -0.15) is 0 Å². The SMILES string of the molecule is O=C(Nc1nnc(-c2ccc3c(c2)OCO3)o1)C1CCCO1. The molecule has 2 aliphatic heterocycles. The van der Waals surface area contributed by atoms with E-state index in [0.717, 1.165) is 6.42 Å². The van der Waals surface area contributed by atoms with E-state index >= 15 is 0 Å². The summed E-state index contributed by atoms with van der Waals surface area (Å²) in [5, 5.41) is 10.3. The molecule has 4 rings (SSSR count). The molecule has 3 heterocycles. The van der Waals surface area contributed by atoms with Crippen molar-refractivity contribution in [2.24, 2.45) is 0 Å². The smallest absolute Gasteiger partial charge is 0.322 e. The van der Waals surface area contributed by atoms with Gasteiger partial charge in [0.2, 0.25) is 12.7 Å². The van der Waals surface area contributed by atoms with Crippen LogP contribution in [0.4, 0.5) is 6.01 Å². The lowest BCUT2D eigenvalue weighted by molar-refractivity contribution is -0.124. The zero-order valence-electron chi connectivity index (χ0n) is 11.6. The number of fused-ring (bicyclic) bond motifs is 1. The molecule has 0 spiro atoms. The summed E-state index contributed by atoms with van der Waals surface area (Å²) < 4.78 is 21.3. The van der Waals surface area contributed by atoms with Crippen molar-refractivity contribution in [2.75, 3.05) is 18.7 Å². The lowest BCUT2D eigenvalue weighted by atomic mass is 10.2. The van der Waals surface area contributed by atoms with Crippen LogP contribution in [-0.2, 0) is 9.53 Å². The van der Waals surface area contributed by atoms with Crippen molar-refractivity contribution in [3.63, 3.8) is 0 Å². The molecule has 22 heavy (non-hydrogen) atoms. The van der Waals surface area contributed by atoms with E-state index in [2.05, 4.69) is 15.5 Å². The van der Waals surface area contributed by atoms with Gasteiger partial charge in [0.05, 0.1) is 0 Å². The Hall–Kier alpha value is -2.61. The molecule has 0 radical (unpaired) electrons. The van der Waals surface area contributed by atoms with Gasteiger partial charge in [-0.15, -0.1) is 5.10 Å². The lowest BCUT2D eigenvalue weighted by Crippen LogP contribution is -2.26. The molecule has 8 nitrogen and oxygen atoms in total. The van der Waals surface area contributed by atoms with E-state index in [1.54, 1.807) is 18.2 Å². The van der Waals surface area contributed by atoms with Gasteiger partial charge in [0.15, 0.2) is 11.5 Å². The fourth-order valence-electron chi connectivity index (χ4n) is 2.39. The van der Waals surface area contributed by atoms with Crippen molar-refractivity contribution >= 4 is 11.9 Å². The van der Waals surface area contributed by atoms with Crippen LogP contribution >= 0.6 is 0 Å². The van der Waals surface area contributed by atoms with Crippen LogP contribution in [0.3, 0.4) is 0 Å². The van der Waals surface area contributed by atoms with E-state index in [9.17, 15) is 4.79 Å². The third kappa shape index (κ3) is 2.37. The summed E-state index contributed by atoms with van der Waals surface area (Å²) >= 11 is 0. The Labute approximate surface area is 125 Å². The fourth-order valence-corrected chi connectivity index (χ4v) is 2.39. The normalized spacial score (nSPS) is 19.4. The van der Waals surface area contributed by atoms with E-state index in [0.29, 0.717) is 36.0 Å². The number of hydrogen-bond donors (Lipinski definition) is 1. The molecule has 1 N–H and O–H groups in total. The molecule has 0 bridgehead atoms. The van der Waals surface area contributed by atoms with Crippen LogP contribution < -0.4 is 14.8 Å². The Morgan fingerprint density at radius 3 is 3.00 bits per heavy atom. The van der Waals surface area contributed by atoms with Crippen molar-refractivity contribution in [1.82, 2.24) is 10.2 Å². The van der Waals surface area contributed by atoms with Gasteiger partial charge in [0.25, 0.3) is 5.91 Å². The molecule has 0 aliphatic carbocycles. The zero-order valence-corrected chi connectivity index (χ0v) is 11.6. The lowest BCUT2D eigenvalue weighted by Gasteiger charge is -2.06.